The number of benzene rings is 4. The van der Waals surface area contributed by atoms with E-state index in [4.69, 9.17) is 0 Å². The molecule has 1 aliphatic carbocycles. The van der Waals surface area contributed by atoms with Crippen molar-refractivity contribution in [2.45, 2.75) is 19.3 Å². The lowest BCUT2D eigenvalue weighted by Crippen LogP contribution is -2.14. The zero-order valence-electron chi connectivity index (χ0n) is 18.1. The van der Waals surface area contributed by atoms with Crippen molar-refractivity contribution < 1.29 is 0 Å². The average molecular weight is 411 g/mol. The molecule has 0 unspecified atom stereocenters. The van der Waals surface area contributed by atoms with Crippen LogP contribution in [0, 0.1) is 0 Å². The molecule has 0 radical (unpaired) electrons. The van der Waals surface area contributed by atoms with E-state index in [1.807, 2.05) is 12.3 Å². The second-order valence-corrected chi connectivity index (χ2v) is 9.25. The Balaban J connectivity index is 1.67. The highest BCUT2D eigenvalue weighted by Crippen LogP contribution is 2.52. The number of fused-ring (bicyclic) bond motifs is 9. The lowest BCUT2D eigenvalue weighted by Gasteiger charge is -2.21. The van der Waals surface area contributed by atoms with Gasteiger partial charge in [0.05, 0.1) is 11.0 Å². The van der Waals surface area contributed by atoms with Gasteiger partial charge in [-0.1, -0.05) is 80.6 Å². The van der Waals surface area contributed by atoms with Crippen LogP contribution in [0.4, 0.5) is 0 Å². The molecule has 0 spiro atoms. The van der Waals surface area contributed by atoms with Crippen LogP contribution in [-0.4, -0.2) is 9.55 Å². The summed E-state index contributed by atoms with van der Waals surface area (Å²) >= 11 is 0. The first-order chi connectivity index (χ1) is 15.7. The molecule has 32 heavy (non-hydrogen) atoms. The zero-order valence-corrected chi connectivity index (χ0v) is 18.1. The van der Waals surface area contributed by atoms with E-state index in [0.717, 1.165) is 5.82 Å². The van der Waals surface area contributed by atoms with Gasteiger partial charge in [-0.05, 0) is 57.3 Å². The summed E-state index contributed by atoms with van der Waals surface area (Å²) in [4.78, 5) is 4.67. The van der Waals surface area contributed by atoms with Gasteiger partial charge in [0.2, 0.25) is 0 Å². The van der Waals surface area contributed by atoms with E-state index in [1.54, 1.807) is 0 Å². The number of pyridine rings is 1. The third-order valence-electron chi connectivity index (χ3n) is 7.26. The molecule has 6 aromatic rings. The maximum atomic E-state index is 4.67. The highest BCUT2D eigenvalue weighted by Gasteiger charge is 2.36. The highest BCUT2D eigenvalue weighted by atomic mass is 15.1. The van der Waals surface area contributed by atoms with Gasteiger partial charge in [0, 0.05) is 22.4 Å². The summed E-state index contributed by atoms with van der Waals surface area (Å²) in [5, 5.41) is 5.20. The normalized spacial score (nSPS) is 14.2. The Bertz CT molecular complexity index is 1690. The van der Waals surface area contributed by atoms with Gasteiger partial charge in [-0.2, -0.15) is 0 Å². The summed E-state index contributed by atoms with van der Waals surface area (Å²) in [6.45, 7) is 4.68. The van der Waals surface area contributed by atoms with Gasteiger partial charge in [0.15, 0.2) is 0 Å². The maximum Gasteiger partial charge on any atom is 0.137 e. The van der Waals surface area contributed by atoms with Gasteiger partial charge in [-0.3, -0.25) is 4.57 Å². The maximum absolute atomic E-state index is 4.67. The topological polar surface area (TPSA) is 17.8 Å². The standard InChI is InChI=1S/C30H22N2/c1-30(2)23-11-5-3-9-21(23)28-19-15-17-26-29(20(19)14-16-24(28)30)22-10-4-6-12-25(22)32(26)27-13-7-8-18-31-27/h3-18H,1-2H3. The van der Waals surface area contributed by atoms with Gasteiger partial charge in [-0.25, -0.2) is 4.98 Å². The second kappa shape index (κ2) is 6.08. The Labute approximate surface area is 186 Å². The van der Waals surface area contributed by atoms with Crippen LogP contribution in [0.1, 0.15) is 25.0 Å². The second-order valence-electron chi connectivity index (χ2n) is 9.25. The van der Waals surface area contributed by atoms with Crippen LogP contribution in [0.2, 0.25) is 0 Å². The van der Waals surface area contributed by atoms with E-state index < -0.39 is 0 Å². The van der Waals surface area contributed by atoms with Crippen molar-refractivity contribution in [2.75, 3.05) is 0 Å². The minimum absolute atomic E-state index is 0.0109. The number of aromatic nitrogens is 2. The van der Waals surface area contributed by atoms with Gasteiger partial charge >= 0.3 is 0 Å². The Hall–Kier alpha value is -3.91. The number of hydrogen-bond donors (Lipinski definition) is 0. The van der Waals surface area contributed by atoms with Crippen molar-refractivity contribution in [2.24, 2.45) is 0 Å². The highest BCUT2D eigenvalue weighted by molar-refractivity contribution is 6.23. The Morgan fingerprint density at radius 2 is 1.41 bits per heavy atom. The fraction of sp³-hybridized carbons (Fsp3) is 0.100. The number of nitrogens with zero attached hydrogens (tertiary/aromatic N) is 2. The molecule has 4 aromatic carbocycles. The molecule has 152 valence electrons. The first kappa shape index (κ1) is 17.7. The summed E-state index contributed by atoms with van der Waals surface area (Å²) < 4.78 is 2.29. The summed E-state index contributed by atoms with van der Waals surface area (Å²) in [5.74, 6) is 0.950. The van der Waals surface area contributed by atoms with Crippen molar-refractivity contribution in [1.29, 1.82) is 0 Å². The molecule has 0 bridgehead atoms. The summed E-state index contributed by atoms with van der Waals surface area (Å²) in [5.41, 5.74) is 7.98. The van der Waals surface area contributed by atoms with Crippen LogP contribution in [0.25, 0.3) is 49.5 Å². The minimum Gasteiger partial charge on any atom is -0.294 e. The Kier molecular flexibility index (Phi) is 3.37. The SMILES string of the molecule is CC1(C)c2ccccc2-c2c1ccc1c2ccc2c1c1ccccc1n2-c1ccccn1. The van der Waals surface area contributed by atoms with E-state index in [0.29, 0.717) is 0 Å². The van der Waals surface area contributed by atoms with Crippen LogP contribution >= 0.6 is 0 Å². The van der Waals surface area contributed by atoms with Crippen LogP contribution < -0.4 is 0 Å². The average Bonchev–Trinajstić information content (AvgIpc) is 3.29. The van der Waals surface area contributed by atoms with Crippen LogP contribution in [0.5, 0.6) is 0 Å². The smallest absolute Gasteiger partial charge is 0.137 e. The molecule has 1 aliphatic rings. The van der Waals surface area contributed by atoms with E-state index in [1.165, 1.54) is 54.8 Å². The number of hydrogen-bond acceptors (Lipinski definition) is 1. The molecular weight excluding hydrogens is 388 g/mol. The molecule has 7 rings (SSSR count). The van der Waals surface area contributed by atoms with Gasteiger partial charge < -0.3 is 0 Å². The fourth-order valence-electron chi connectivity index (χ4n) is 5.81. The molecule has 0 fully saturated rings. The molecule has 0 amide bonds. The lowest BCUT2D eigenvalue weighted by molar-refractivity contribution is 0.661. The first-order valence-electron chi connectivity index (χ1n) is 11.2. The molecule has 2 nitrogen and oxygen atoms in total. The number of rotatable bonds is 1. The first-order valence-corrected chi connectivity index (χ1v) is 11.2. The minimum atomic E-state index is 0.0109. The monoisotopic (exact) mass is 410 g/mol. The van der Waals surface area contributed by atoms with Crippen molar-refractivity contribution in [3.8, 4) is 16.9 Å². The third-order valence-corrected chi connectivity index (χ3v) is 7.26. The Morgan fingerprint density at radius 3 is 2.28 bits per heavy atom. The van der Waals surface area contributed by atoms with Crippen LogP contribution in [0.15, 0.2) is 97.2 Å². The predicted octanol–water partition coefficient (Wildman–Crippen LogP) is 7.64. The van der Waals surface area contributed by atoms with Gasteiger partial charge in [-0.15, -0.1) is 0 Å². The molecule has 0 N–H and O–H groups in total. The third kappa shape index (κ3) is 2.12. The lowest BCUT2D eigenvalue weighted by atomic mass is 9.82. The van der Waals surface area contributed by atoms with Gasteiger partial charge in [0.25, 0.3) is 0 Å². The van der Waals surface area contributed by atoms with E-state index >= 15 is 0 Å². The molecule has 2 heterocycles. The van der Waals surface area contributed by atoms with E-state index in [-0.39, 0.29) is 5.41 Å². The summed E-state index contributed by atoms with van der Waals surface area (Å²) in [6.07, 6.45) is 1.86. The van der Waals surface area contributed by atoms with Crippen molar-refractivity contribution in [3.05, 3.63) is 108 Å². The quantitative estimate of drug-likeness (QED) is 0.272. The summed E-state index contributed by atoms with van der Waals surface area (Å²) in [6, 6.07) is 32.9. The van der Waals surface area contributed by atoms with Crippen molar-refractivity contribution in [3.63, 3.8) is 0 Å². The zero-order chi connectivity index (χ0) is 21.4. The molecular formula is C30H22N2. The van der Waals surface area contributed by atoms with E-state index in [9.17, 15) is 0 Å². The molecule has 0 saturated heterocycles. The summed E-state index contributed by atoms with van der Waals surface area (Å²) in [7, 11) is 0. The molecule has 2 heteroatoms. The van der Waals surface area contributed by atoms with Crippen molar-refractivity contribution >= 4 is 32.6 Å². The number of para-hydroxylation sites is 1. The molecule has 0 saturated carbocycles. The Morgan fingerprint density at radius 1 is 0.625 bits per heavy atom. The fourth-order valence-corrected chi connectivity index (χ4v) is 5.81. The van der Waals surface area contributed by atoms with Crippen LogP contribution in [-0.2, 0) is 5.41 Å². The molecule has 0 atom stereocenters. The molecule has 2 aromatic heterocycles. The predicted molar refractivity (Wildman–Crippen MR) is 134 cm³/mol. The van der Waals surface area contributed by atoms with Gasteiger partial charge in [0.1, 0.15) is 5.82 Å². The van der Waals surface area contributed by atoms with Crippen LogP contribution in [0.3, 0.4) is 0 Å². The largest absolute Gasteiger partial charge is 0.294 e. The molecule has 0 aliphatic heterocycles. The van der Waals surface area contributed by atoms with E-state index in [2.05, 4.69) is 108 Å². The van der Waals surface area contributed by atoms with Crippen molar-refractivity contribution in [1.82, 2.24) is 9.55 Å².